The van der Waals surface area contributed by atoms with Gasteiger partial charge in [0.2, 0.25) is 5.76 Å². The van der Waals surface area contributed by atoms with Gasteiger partial charge < -0.3 is 14.8 Å². The van der Waals surface area contributed by atoms with Gasteiger partial charge in [0.1, 0.15) is 11.2 Å². The van der Waals surface area contributed by atoms with Crippen LogP contribution in [0.1, 0.15) is 21.0 Å². The Morgan fingerprint density at radius 2 is 2.32 bits per heavy atom. The van der Waals surface area contributed by atoms with Crippen LogP contribution in [-0.2, 0) is 0 Å². The molecule has 1 amide bonds. The van der Waals surface area contributed by atoms with Gasteiger partial charge in [0.25, 0.3) is 5.91 Å². The van der Waals surface area contributed by atoms with Crippen molar-refractivity contribution < 1.29 is 19.1 Å². The van der Waals surface area contributed by atoms with Gasteiger partial charge in [-0.15, -0.1) is 11.3 Å². The standard InChI is InChI=1S/C10H6N4O4S/c15-9(5-2-19-3-11-5)12-8-7-4(13-14-8)1-6(18-7)10(16)17/h1-3H,(H,16,17)(H2,12,13,14,15). The molecular weight excluding hydrogens is 272 g/mol. The van der Waals surface area contributed by atoms with Crippen LogP contribution in [-0.4, -0.2) is 32.2 Å². The quantitative estimate of drug-likeness (QED) is 0.668. The van der Waals surface area contributed by atoms with Crippen molar-refractivity contribution in [3.8, 4) is 0 Å². The second kappa shape index (κ2) is 4.21. The van der Waals surface area contributed by atoms with E-state index in [-0.39, 0.29) is 22.9 Å². The predicted molar refractivity (Wildman–Crippen MR) is 65.4 cm³/mol. The monoisotopic (exact) mass is 278 g/mol. The number of nitrogens with zero attached hydrogens (tertiary/aromatic N) is 2. The van der Waals surface area contributed by atoms with Crippen LogP contribution in [0.2, 0.25) is 0 Å². The Labute approximate surface area is 109 Å². The average molecular weight is 278 g/mol. The van der Waals surface area contributed by atoms with Crippen molar-refractivity contribution in [3.05, 3.63) is 28.4 Å². The molecule has 3 N–H and O–H groups in total. The van der Waals surface area contributed by atoms with E-state index in [0.29, 0.717) is 5.52 Å². The van der Waals surface area contributed by atoms with Crippen LogP contribution in [0.3, 0.4) is 0 Å². The number of carbonyl (C=O) groups excluding carboxylic acids is 1. The average Bonchev–Trinajstić information content (AvgIpc) is 3.05. The first kappa shape index (κ1) is 11.4. The third-order valence-corrected chi connectivity index (χ3v) is 2.93. The SMILES string of the molecule is O=C(Nc1n[nH]c2cc(C(=O)O)oc12)c1cscn1. The lowest BCUT2D eigenvalue weighted by atomic mass is 10.4. The van der Waals surface area contributed by atoms with E-state index in [4.69, 9.17) is 9.52 Å². The summed E-state index contributed by atoms with van der Waals surface area (Å²) in [5.74, 6) is -1.74. The maximum Gasteiger partial charge on any atom is 0.371 e. The fourth-order valence-electron chi connectivity index (χ4n) is 1.50. The lowest BCUT2D eigenvalue weighted by Gasteiger charge is -1.97. The number of nitrogens with one attached hydrogen (secondary N) is 2. The van der Waals surface area contributed by atoms with Crippen LogP contribution < -0.4 is 5.32 Å². The van der Waals surface area contributed by atoms with E-state index in [9.17, 15) is 9.59 Å². The molecule has 0 unspecified atom stereocenters. The maximum atomic E-state index is 11.8. The van der Waals surface area contributed by atoms with Crippen LogP contribution in [0.5, 0.6) is 0 Å². The molecule has 0 spiro atoms. The molecule has 0 saturated carbocycles. The minimum absolute atomic E-state index is 0.125. The van der Waals surface area contributed by atoms with E-state index >= 15 is 0 Å². The van der Waals surface area contributed by atoms with Crippen molar-refractivity contribution in [1.82, 2.24) is 15.2 Å². The number of thiazole rings is 1. The zero-order valence-electron chi connectivity index (χ0n) is 9.21. The molecule has 3 rings (SSSR count). The predicted octanol–water partition coefficient (Wildman–Crippen LogP) is 1.56. The van der Waals surface area contributed by atoms with Crippen LogP contribution in [0.4, 0.5) is 5.82 Å². The Hall–Kier alpha value is -2.68. The van der Waals surface area contributed by atoms with E-state index in [1.165, 1.54) is 22.9 Å². The van der Waals surface area contributed by atoms with Gasteiger partial charge in [-0.3, -0.25) is 9.89 Å². The van der Waals surface area contributed by atoms with Gasteiger partial charge in [-0.1, -0.05) is 0 Å². The van der Waals surface area contributed by atoms with Crippen LogP contribution >= 0.6 is 11.3 Å². The van der Waals surface area contributed by atoms with Crippen molar-refractivity contribution in [2.75, 3.05) is 5.32 Å². The molecule has 0 fully saturated rings. The van der Waals surface area contributed by atoms with Crippen LogP contribution in [0, 0.1) is 0 Å². The zero-order chi connectivity index (χ0) is 13.4. The molecule has 0 radical (unpaired) electrons. The summed E-state index contributed by atoms with van der Waals surface area (Å²) >= 11 is 1.29. The summed E-state index contributed by atoms with van der Waals surface area (Å²) in [5, 5.41) is 19.3. The van der Waals surface area contributed by atoms with Crippen molar-refractivity contribution >= 4 is 40.1 Å². The maximum absolute atomic E-state index is 11.8. The summed E-state index contributed by atoms with van der Waals surface area (Å²) in [7, 11) is 0. The highest BCUT2D eigenvalue weighted by atomic mass is 32.1. The summed E-state index contributed by atoms with van der Waals surface area (Å²) in [6, 6.07) is 1.29. The number of aromatic nitrogens is 3. The zero-order valence-corrected chi connectivity index (χ0v) is 10.0. The molecule has 0 aromatic carbocycles. The second-order valence-electron chi connectivity index (χ2n) is 3.56. The van der Waals surface area contributed by atoms with Crippen molar-refractivity contribution in [2.45, 2.75) is 0 Å². The van der Waals surface area contributed by atoms with E-state index in [0.717, 1.165) is 0 Å². The van der Waals surface area contributed by atoms with Crippen molar-refractivity contribution in [3.63, 3.8) is 0 Å². The molecule has 19 heavy (non-hydrogen) atoms. The first-order valence-electron chi connectivity index (χ1n) is 5.06. The second-order valence-corrected chi connectivity index (χ2v) is 4.28. The number of H-pyrrole nitrogens is 1. The number of aromatic amines is 1. The molecular formula is C10H6N4O4S. The smallest absolute Gasteiger partial charge is 0.371 e. The van der Waals surface area contributed by atoms with Crippen molar-refractivity contribution in [1.29, 1.82) is 0 Å². The molecule has 9 heteroatoms. The Balaban J connectivity index is 1.93. The lowest BCUT2D eigenvalue weighted by Crippen LogP contribution is -2.12. The number of amides is 1. The number of rotatable bonds is 3. The summed E-state index contributed by atoms with van der Waals surface area (Å²) in [6.07, 6.45) is 0. The molecule has 0 saturated heterocycles. The van der Waals surface area contributed by atoms with Gasteiger partial charge in [-0.2, -0.15) is 5.10 Å². The number of aromatic carboxylic acids is 1. The van der Waals surface area contributed by atoms with E-state index < -0.39 is 11.9 Å². The van der Waals surface area contributed by atoms with Gasteiger partial charge >= 0.3 is 5.97 Å². The van der Waals surface area contributed by atoms with Gasteiger partial charge in [0.05, 0.1) is 5.51 Å². The highest BCUT2D eigenvalue weighted by Crippen LogP contribution is 2.24. The van der Waals surface area contributed by atoms with E-state index in [2.05, 4.69) is 20.5 Å². The number of fused-ring (bicyclic) bond motifs is 1. The Kier molecular flexibility index (Phi) is 2.53. The van der Waals surface area contributed by atoms with Gasteiger partial charge in [-0.05, 0) is 0 Å². The number of carboxylic acids is 1. The highest BCUT2D eigenvalue weighted by molar-refractivity contribution is 7.07. The summed E-state index contributed by atoms with van der Waals surface area (Å²) in [6.45, 7) is 0. The summed E-state index contributed by atoms with van der Waals surface area (Å²) < 4.78 is 5.09. The normalized spacial score (nSPS) is 10.7. The molecule has 0 aliphatic carbocycles. The molecule has 0 aliphatic heterocycles. The summed E-state index contributed by atoms with van der Waals surface area (Å²) in [5.41, 5.74) is 2.36. The minimum atomic E-state index is -1.19. The number of anilines is 1. The molecule has 3 heterocycles. The topological polar surface area (TPSA) is 121 Å². The summed E-state index contributed by atoms with van der Waals surface area (Å²) in [4.78, 5) is 26.4. The third-order valence-electron chi connectivity index (χ3n) is 2.34. The van der Waals surface area contributed by atoms with Crippen LogP contribution in [0.15, 0.2) is 21.4 Å². The van der Waals surface area contributed by atoms with Gasteiger partial charge in [0, 0.05) is 11.4 Å². The number of carboxylic acid groups (broad SMARTS) is 1. The first-order chi connectivity index (χ1) is 9.15. The third kappa shape index (κ3) is 1.95. The number of carbonyl (C=O) groups is 2. The molecule has 0 bridgehead atoms. The first-order valence-corrected chi connectivity index (χ1v) is 6.00. The number of furan rings is 1. The molecule has 0 atom stereocenters. The largest absolute Gasteiger partial charge is 0.475 e. The number of hydrogen-bond acceptors (Lipinski definition) is 6. The van der Waals surface area contributed by atoms with Crippen molar-refractivity contribution in [2.24, 2.45) is 0 Å². The molecule has 96 valence electrons. The minimum Gasteiger partial charge on any atom is -0.475 e. The Bertz CT molecular complexity index is 758. The van der Waals surface area contributed by atoms with Gasteiger partial charge in [-0.25, -0.2) is 9.78 Å². The highest BCUT2D eigenvalue weighted by Gasteiger charge is 2.18. The molecule has 3 aromatic heterocycles. The lowest BCUT2D eigenvalue weighted by molar-refractivity contribution is 0.0665. The fraction of sp³-hybridized carbons (Fsp3) is 0. The number of hydrogen-bond donors (Lipinski definition) is 3. The fourth-order valence-corrected chi connectivity index (χ4v) is 2.04. The molecule has 3 aromatic rings. The van der Waals surface area contributed by atoms with E-state index in [1.807, 2.05) is 0 Å². The van der Waals surface area contributed by atoms with Gasteiger partial charge in [0.15, 0.2) is 11.4 Å². The van der Waals surface area contributed by atoms with Crippen LogP contribution in [0.25, 0.3) is 11.1 Å². The molecule has 8 nitrogen and oxygen atoms in total. The Morgan fingerprint density at radius 1 is 1.47 bits per heavy atom. The van der Waals surface area contributed by atoms with E-state index in [1.54, 1.807) is 5.38 Å². The Morgan fingerprint density at radius 3 is 3.00 bits per heavy atom. The molecule has 0 aliphatic rings.